The third kappa shape index (κ3) is 3.86. The molecule has 0 aliphatic heterocycles. The lowest BCUT2D eigenvalue weighted by molar-refractivity contribution is 0.102. The number of carbonyl (C=O) groups is 1. The van der Waals surface area contributed by atoms with E-state index in [2.05, 4.69) is 10.3 Å². The maximum atomic E-state index is 14.1. The lowest BCUT2D eigenvalue weighted by Crippen LogP contribution is -2.14. The van der Waals surface area contributed by atoms with E-state index in [0.717, 1.165) is 25.7 Å². The van der Waals surface area contributed by atoms with Crippen LogP contribution in [0.1, 0.15) is 41.2 Å². The van der Waals surface area contributed by atoms with E-state index in [0.29, 0.717) is 17.2 Å². The molecule has 2 aromatic rings. The van der Waals surface area contributed by atoms with Crippen molar-refractivity contribution in [2.75, 3.05) is 5.32 Å². The fraction of sp³-hybridized carbons (Fsp3) is 0.375. The van der Waals surface area contributed by atoms with Crippen LogP contribution >= 0.6 is 11.3 Å². The molecule has 3 rings (SSSR count). The standard InChI is InChI=1S/C16H18FN3O2S/c17-12-7-10(5-6-14(12)22-11-3-1-2-4-11)19-16(21)13-9-23-15(8-18)20-13/h5-7,9,11H,1-4,8,18H2,(H,19,21). The predicted molar refractivity (Wildman–Crippen MR) is 87.2 cm³/mol. The van der Waals surface area contributed by atoms with Crippen molar-refractivity contribution in [2.24, 2.45) is 5.73 Å². The zero-order chi connectivity index (χ0) is 16.2. The van der Waals surface area contributed by atoms with Gasteiger partial charge in [0.05, 0.1) is 6.10 Å². The van der Waals surface area contributed by atoms with Gasteiger partial charge >= 0.3 is 0 Å². The normalized spacial score (nSPS) is 14.9. The van der Waals surface area contributed by atoms with E-state index in [4.69, 9.17) is 10.5 Å². The van der Waals surface area contributed by atoms with Gasteiger partial charge in [-0.25, -0.2) is 9.37 Å². The van der Waals surface area contributed by atoms with Crippen LogP contribution in [0.4, 0.5) is 10.1 Å². The van der Waals surface area contributed by atoms with Crippen LogP contribution in [0.15, 0.2) is 23.6 Å². The maximum absolute atomic E-state index is 14.1. The maximum Gasteiger partial charge on any atom is 0.275 e. The van der Waals surface area contributed by atoms with Crippen molar-refractivity contribution in [3.63, 3.8) is 0 Å². The minimum absolute atomic E-state index is 0.0923. The van der Waals surface area contributed by atoms with Crippen LogP contribution in [-0.4, -0.2) is 17.0 Å². The minimum Gasteiger partial charge on any atom is -0.487 e. The number of thiazole rings is 1. The number of nitrogens with one attached hydrogen (secondary N) is 1. The summed E-state index contributed by atoms with van der Waals surface area (Å²) in [6.45, 7) is 0.291. The van der Waals surface area contributed by atoms with Crippen molar-refractivity contribution in [3.8, 4) is 5.75 Å². The van der Waals surface area contributed by atoms with E-state index in [1.54, 1.807) is 17.5 Å². The first kappa shape index (κ1) is 15.9. The second kappa shape index (κ2) is 7.06. The molecule has 1 aliphatic carbocycles. The van der Waals surface area contributed by atoms with Gasteiger partial charge in [-0.2, -0.15) is 0 Å². The third-order valence-corrected chi connectivity index (χ3v) is 4.62. The predicted octanol–water partition coefficient (Wildman–Crippen LogP) is 3.31. The van der Waals surface area contributed by atoms with Crippen molar-refractivity contribution < 1.29 is 13.9 Å². The van der Waals surface area contributed by atoms with Gasteiger partial charge in [0.15, 0.2) is 11.6 Å². The highest BCUT2D eigenvalue weighted by Gasteiger charge is 2.18. The second-order valence-electron chi connectivity index (χ2n) is 5.45. The first-order valence-electron chi connectivity index (χ1n) is 7.57. The van der Waals surface area contributed by atoms with Crippen LogP contribution in [0, 0.1) is 5.82 Å². The van der Waals surface area contributed by atoms with Gasteiger partial charge in [-0.05, 0) is 37.8 Å². The van der Waals surface area contributed by atoms with Gasteiger partial charge in [0.25, 0.3) is 5.91 Å². The van der Waals surface area contributed by atoms with Crippen molar-refractivity contribution in [2.45, 2.75) is 38.3 Å². The van der Waals surface area contributed by atoms with Gasteiger partial charge in [-0.3, -0.25) is 4.79 Å². The van der Waals surface area contributed by atoms with E-state index < -0.39 is 5.82 Å². The molecular formula is C16H18FN3O2S. The molecule has 5 nitrogen and oxygen atoms in total. The molecule has 1 heterocycles. The number of nitrogens with two attached hydrogens (primary N) is 1. The zero-order valence-corrected chi connectivity index (χ0v) is 13.4. The summed E-state index contributed by atoms with van der Waals surface area (Å²) in [5.41, 5.74) is 6.12. The van der Waals surface area contributed by atoms with Gasteiger partial charge in [-0.1, -0.05) is 0 Å². The first-order chi connectivity index (χ1) is 11.2. The highest BCUT2D eigenvalue weighted by atomic mass is 32.1. The molecular weight excluding hydrogens is 317 g/mol. The molecule has 1 fully saturated rings. The first-order valence-corrected chi connectivity index (χ1v) is 8.45. The lowest BCUT2D eigenvalue weighted by Gasteiger charge is -2.14. The van der Waals surface area contributed by atoms with Crippen LogP contribution in [0.3, 0.4) is 0 Å². The topological polar surface area (TPSA) is 77.2 Å². The summed E-state index contributed by atoms with van der Waals surface area (Å²) in [5, 5.41) is 4.94. The SMILES string of the molecule is NCc1nc(C(=O)Nc2ccc(OC3CCCC3)c(F)c2)cs1. The number of hydrogen-bond acceptors (Lipinski definition) is 5. The van der Waals surface area contributed by atoms with Gasteiger partial charge in [0.2, 0.25) is 0 Å². The average molecular weight is 335 g/mol. The molecule has 3 N–H and O–H groups in total. The van der Waals surface area contributed by atoms with Gasteiger partial charge in [0.1, 0.15) is 10.7 Å². The van der Waals surface area contributed by atoms with Crippen LogP contribution in [-0.2, 0) is 6.54 Å². The Morgan fingerprint density at radius 3 is 2.87 bits per heavy atom. The number of hydrogen-bond donors (Lipinski definition) is 2. The zero-order valence-electron chi connectivity index (χ0n) is 12.5. The summed E-state index contributed by atoms with van der Waals surface area (Å²) < 4.78 is 19.8. The number of nitrogens with zero attached hydrogens (tertiary/aromatic N) is 1. The summed E-state index contributed by atoms with van der Waals surface area (Å²) >= 11 is 1.32. The molecule has 0 radical (unpaired) electrons. The smallest absolute Gasteiger partial charge is 0.275 e. The largest absolute Gasteiger partial charge is 0.487 e. The Hall–Kier alpha value is -1.99. The number of anilines is 1. The number of aromatic nitrogens is 1. The van der Waals surface area contributed by atoms with E-state index in [9.17, 15) is 9.18 Å². The number of halogens is 1. The number of amides is 1. The number of ether oxygens (including phenoxy) is 1. The number of rotatable bonds is 5. The van der Waals surface area contributed by atoms with Crippen molar-refractivity contribution >= 4 is 22.9 Å². The lowest BCUT2D eigenvalue weighted by atomic mass is 10.2. The van der Waals surface area contributed by atoms with Crippen molar-refractivity contribution in [1.29, 1.82) is 0 Å². The van der Waals surface area contributed by atoms with Crippen molar-refractivity contribution in [1.82, 2.24) is 4.98 Å². The Kier molecular flexibility index (Phi) is 4.88. The summed E-state index contributed by atoms with van der Waals surface area (Å²) in [4.78, 5) is 16.2. The Balaban J connectivity index is 1.66. The fourth-order valence-corrected chi connectivity index (χ4v) is 3.22. The molecule has 0 spiro atoms. The number of carbonyl (C=O) groups excluding carboxylic acids is 1. The van der Waals surface area contributed by atoms with E-state index in [-0.39, 0.29) is 23.5 Å². The molecule has 23 heavy (non-hydrogen) atoms. The monoisotopic (exact) mass is 335 g/mol. The quantitative estimate of drug-likeness (QED) is 0.879. The summed E-state index contributed by atoms with van der Waals surface area (Å²) in [6.07, 6.45) is 4.27. The Morgan fingerprint density at radius 1 is 1.43 bits per heavy atom. The van der Waals surface area contributed by atoms with E-state index >= 15 is 0 Å². The molecule has 1 aromatic heterocycles. The minimum atomic E-state index is -0.476. The molecule has 1 aliphatic rings. The molecule has 1 saturated carbocycles. The molecule has 0 unspecified atom stereocenters. The van der Waals surface area contributed by atoms with Crippen LogP contribution in [0.25, 0.3) is 0 Å². The van der Waals surface area contributed by atoms with E-state index in [1.165, 1.54) is 17.4 Å². The molecule has 1 aromatic carbocycles. The molecule has 1 amide bonds. The van der Waals surface area contributed by atoms with Crippen molar-refractivity contribution in [3.05, 3.63) is 40.1 Å². The molecule has 0 atom stereocenters. The van der Waals surface area contributed by atoms with Crippen LogP contribution in [0.2, 0.25) is 0 Å². The van der Waals surface area contributed by atoms with Gasteiger partial charge < -0.3 is 15.8 Å². The van der Waals surface area contributed by atoms with Crippen LogP contribution in [0.5, 0.6) is 5.75 Å². The van der Waals surface area contributed by atoms with Gasteiger partial charge in [0, 0.05) is 23.7 Å². The highest BCUT2D eigenvalue weighted by molar-refractivity contribution is 7.09. The molecule has 7 heteroatoms. The Bertz CT molecular complexity index is 698. The second-order valence-corrected chi connectivity index (χ2v) is 6.40. The fourth-order valence-electron chi connectivity index (χ4n) is 2.56. The van der Waals surface area contributed by atoms with Crippen LogP contribution < -0.4 is 15.8 Å². The Labute approximate surface area is 137 Å². The number of benzene rings is 1. The van der Waals surface area contributed by atoms with E-state index in [1.807, 2.05) is 0 Å². The Morgan fingerprint density at radius 2 is 2.22 bits per heavy atom. The molecule has 0 bridgehead atoms. The molecule has 0 saturated heterocycles. The summed E-state index contributed by atoms with van der Waals surface area (Å²) in [5.74, 6) is -0.630. The third-order valence-electron chi connectivity index (χ3n) is 3.74. The average Bonchev–Trinajstić information content (AvgIpc) is 3.21. The summed E-state index contributed by atoms with van der Waals surface area (Å²) in [7, 11) is 0. The van der Waals surface area contributed by atoms with Gasteiger partial charge in [-0.15, -0.1) is 11.3 Å². The summed E-state index contributed by atoms with van der Waals surface area (Å²) in [6, 6.07) is 4.44. The molecule has 122 valence electrons. The highest BCUT2D eigenvalue weighted by Crippen LogP contribution is 2.27.